The van der Waals surface area contributed by atoms with E-state index >= 15 is 0 Å². The molecule has 2 aliphatic carbocycles. The Bertz CT molecular complexity index is 350. The zero-order chi connectivity index (χ0) is 14.7. The number of carbonyl (C=O) groups excluding carboxylic acids is 1. The molecule has 1 heterocycles. The lowest BCUT2D eigenvalue weighted by Gasteiger charge is -2.24. The Hall–Kier alpha value is -0.610. The minimum atomic E-state index is -0.297. The average molecular weight is 293 g/mol. The average Bonchev–Trinajstić information content (AvgIpc) is 3.25. The minimum Gasteiger partial charge on any atom is -0.354 e. The molecule has 0 radical (unpaired) electrons. The molecule has 120 valence electrons. The SMILES string of the molecule is NC(CC1CCCCC1)C(=O)NCC1CCN(C2CC2)C1. The molecule has 3 aliphatic rings. The lowest BCUT2D eigenvalue weighted by Crippen LogP contribution is -2.43. The molecule has 2 saturated carbocycles. The molecule has 4 nitrogen and oxygen atoms in total. The van der Waals surface area contributed by atoms with Gasteiger partial charge < -0.3 is 16.0 Å². The number of nitrogens with two attached hydrogens (primary N) is 1. The van der Waals surface area contributed by atoms with Gasteiger partial charge in [0.2, 0.25) is 5.91 Å². The van der Waals surface area contributed by atoms with Crippen LogP contribution in [-0.2, 0) is 4.79 Å². The largest absolute Gasteiger partial charge is 0.354 e. The summed E-state index contributed by atoms with van der Waals surface area (Å²) in [6.45, 7) is 3.21. The van der Waals surface area contributed by atoms with E-state index in [1.54, 1.807) is 0 Å². The normalized spacial score (nSPS) is 29.5. The zero-order valence-corrected chi connectivity index (χ0v) is 13.2. The first-order valence-electron chi connectivity index (χ1n) is 8.99. The van der Waals surface area contributed by atoms with E-state index in [4.69, 9.17) is 5.73 Å². The molecule has 3 fully saturated rings. The number of likely N-dealkylation sites (tertiary alicyclic amines) is 1. The van der Waals surface area contributed by atoms with E-state index in [9.17, 15) is 4.79 Å². The van der Waals surface area contributed by atoms with Crippen molar-refractivity contribution in [3.8, 4) is 0 Å². The van der Waals surface area contributed by atoms with Crippen LogP contribution >= 0.6 is 0 Å². The van der Waals surface area contributed by atoms with Crippen molar-refractivity contribution in [3.05, 3.63) is 0 Å². The van der Waals surface area contributed by atoms with Crippen LogP contribution in [0.3, 0.4) is 0 Å². The van der Waals surface area contributed by atoms with Crippen LogP contribution in [0.4, 0.5) is 0 Å². The van der Waals surface area contributed by atoms with Gasteiger partial charge in [0.05, 0.1) is 6.04 Å². The Morgan fingerprint density at radius 3 is 2.57 bits per heavy atom. The number of rotatable bonds is 6. The van der Waals surface area contributed by atoms with Gasteiger partial charge >= 0.3 is 0 Å². The molecule has 2 atom stereocenters. The zero-order valence-electron chi connectivity index (χ0n) is 13.2. The van der Waals surface area contributed by atoms with Gasteiger partial charge in [0, 0.05) is 19.1 Å². The molecule has 3 N–H and O–H groups in total. The summed E-state index contributed by atoms with van der Waals surface area (Å²) in [5.74, 6) is 1.39. The number of nitrogens with one attached hydrogen (secondary N) is 1. The summed E-state index contributed by atoms with van der Waals surface area (Å²) in [7, 11) is 0. The van der Waals surface area contributed by atoms with Gasteiger partial charge in [-0.1, -0.05) is 32.1 Å². The molecule has 0 aromatic rings. The highest BCUT2D eigenvalue weighted by molar-refractivity contribution is 5.81. The van der Waals surface area contributed by atoms with E-state index in [-0.39, 0.29) is 11.9 Å². The smallest absolute Gasteiger partial charge is 0.236 e. The van der Waals surface area contributed by atoms with Crippen LogP contribution in [0, 0.1) is 11.8 Å². The lowest BCUT2D eigenvalue weighted by molar-refractivity contribution is -0.123. The van der Waals surface area contributed by atoms with Gasteiger partial charge in [0.15, 0.2) is 0 Å². The van der Waals surface area contributed by atoms with E-state index in [0.717, 1.165) is 19.0 Å². The number of hydrogen-bond acceptors (Lipinski definition) is 3. The fourth-order valence-corrected chi connectivity index (χ4v) is 4.07. The topological polar surface area (TPSA) is 58.4 Å². The van der Waals surface area contributed by atoms with E-state index in [0.29, 0.717) is 11.8 Å². The van der Waals surface area contributed by atoms with Crippen molar-refractivity contribution in [1.82, 2.24) is 10.2 Å². The van der Waals surface area contributed by atoms with Gasteiger partial charge in [0.25, 0.3) is 0 Å². The molecule has 1 saturated heterocycles. The third-order valence-electron chi connectivity index (χ3n) is 5.59. The lowest BCUT2D eigenvalue weighted by atomic mass is 9.85. The van der Waals surface area contributed by atoms with Crippen LogP contribution in [0.5, 0.6) is 0 Å². The fourth-order valence-electron chi connectivity index (χ4n) is 4.07. The van der Waals surface area contributed by atoms with Crippen LogP contribution in [0.2, 0.25) is 0 Å². The number of carbonyl (C=O) groups is 1. The summed E-state index contributed by atoms with van der Waals surface area (Å²) < 4.78 is 0. The van der Waals surface area contributed by atoms with Crippen molar-refractivity contribution in [2.45, 2.75) is 69.9 Å². The molecule has 1 aliphatic heterocycles. The quantitative estimate of drug-likeness (QED) is 0.786. The molecule has 0 aromatic heterocycles. The maximum absolute atomic E-state index is 12.2. The van der Waals surface area contributed by atoms with Crippen LogP contribution in [0.1, 0.15) is 57.8 Å². The second-order valence-electron chi connectivity index (χ2n) is 7.47. The van der Waals surface area contributed by atoms with Crippen molar-refractivity contribution in [2.24, 2.45) is 17.6 Å². The molecule has 1 amide bonds. The van der Waals surface area contributed by atoms with Gasteiger partial charge in [-0.25, -0.2) is 0 Å². The third-order valence-corrected chi connectivity index (χ3v) is 5.59. The first kappa shape index (κ1) is 15.3. The van der Waals surface area contributed by atoms with Crippen LogP contribution < -0.4 is 11.1 Å². The molecular formula is C17H31N3O. The third kappa shape index (κ3) is 4.43. The Kier molecular flexibility index (Phi) is 5.17. The Morgan fingerprint density at radius 1 is 1.10 bits per heavy atom. The van der Waals surface area contributed by atoms with Crippen molar-refractivity contribution in [1.29, 1.82) is 0 Å². The van der Waals surface area contributed by atoms with E-state index in [1.807, 2.05) is 0 Å². The van der Waals surface area contributed by atoms with Crippen molar-refractivity contribution in [3.63, 3.8) is 0 Å². The molecule has 4 heteroatoms. The summed E-state index contributed by atoms with van der Waals surface area (Å²) in [5.41, 5.74) is 6.10. The maximum Gasteiger partial charge on any atom is 0.236 e. The molecule has 0 spiro atoms. The number of hydrogen-bond donors (Lipinski definition) is 2. The Labute approximate surface area is 128 Å². The second kappa shape index (κ2) is 7.10. The van der Waals surface area contributed by atoms with E-state index in [1.165, 1.54) is 64.5 Å². The van der Waals surface area contributed by atoms with Crippen LogP contribution in [0.15, 0.2) is 0 Å². The summed E-state index contributed by atoms with van der Waals surface area (Å²) in [6, 6.07) is 0.563. The summed E-state index contributed by atoms with van der Waals surface area (Å²) >= 11 is 0. The van der Waals surface area contributed by atoms with Crippen LogP contribution in [0.25, 0.3) is 0 Å². The first-order chi connectivity index (χ1) is 10.2. The first-order valence-corrected chi connectivity index (χ1v) is 8.99. The second-order valence-corrected chi connectivity index (χ2v) is 7.47. The van der Waals surface area contributed by atoms with E-state index < -0.39 is 0 Å². The summed E-state index contributed by atoms with van der Waals surface area (Å²) in [5, 5.41) is 3.10. The van der Waals surface area contributed by atoms with Gasteiger partial charge in [-0.05, 0) is 44.1 Å². The summed E-state index contributed by atoms with van der Waals surface area (Å²) in [6.07, 6.45) is 11.4. The highest BCUT2D eigenvalue weighted by Gasteiger charge is 2.34. The molecular weight excluding hydrogens is 262 g/mol. The Balaban J connectivity index is 1.33. The van der Waals surface area contributed by atoms with Gasteiger partial charge in [-0.3, -0.25) is 4.79 Å². The molecule has 0 bridgehead atoms. The standard InChI is InChI=1S/C17H31N3O/c18-16(10-13-4-2-1-3-5-13)17(21)19-11-14-8-9-20(12-14)15-6-7-15/h13-16H,1-12,18H2,(H,19,21). The molecule has 2 unspecified atom stereocenters. The van der Waals surface area contributed by atoms with Gasteiger partial charge in [-0.15, -0.1) is 0 Å². The monoisotopic (exact) mass is 293 g/mol. The van der Waals surface area contributed by atoms with Crippen molar-refractivity contribution >= 4 is 5.91 Å². The predicted octanol–water partition coefficient (Wildman–Crippen LogP) is 1.88. The fraction of sp³-hybridized carbons (Fsp3) is 0.941. The van der Waals surface area contributed by atoms with Gasteiger partial charge in [-0.2, -0.15) is 0 Å². The van der Waals surface area contributed by atoms with Crippen molar-refractivity contribution < 1.29 is 4.79 Å². The highest BCUT2D eigenvalue weighted by Crippen LogP contribution is 2.31. The molecule has 0 aromatic carbocycles. The van der Waals surface area contributed by atoms with Crippen LogP contribution in [-0.4, -0.2) is 42.5 Å². The van der Waals surface area contributed by atoms with Crippen molar-refractivity contribution in [2.75, 3.05) is 19.6 Å². The predicted molar refractivity (Wildman–Crippen MR) is 84.9 cm³/mol. The highest BCUT2D eigenvalue weighted by atomic mass is 16.2. The molecule has 3 rings (SSSR count). The minimum absolute atomic E-state index is 0.0745. The Morgan fingerprint density at radius 2 is 1.86 bits per heavy atom. The van der Waals surface area contributed by atoms with E-state index in [2.05, 4.69) is 10.2 Å². The maximum atomic E-state index is 12.2. The van der Waals surface area contributed by atoms with Gasteiger partial charge in [0.1, 0.15) is 0 Å². The number of amides is 1. The summed E-state index contributed by atoms with van der Waals surface area (Å²) in [4.78, 5) is 14.7. The number of nitrogens with zero attached hydrogens (tertiary/aromatic N) is 1. The molecule has 21 heavy (non-hydrogen) atoms.